The molecule has 82 valence electrons. The molecule has 0 aliphatic rings. The van der Waals surface area contributed by atoms with Crippen molar-refractivity contribution in [1.29, 1.82) is 0 Å². The van der Waals surface area contributed by atoms with Gasteiger partial charge in [0.2, 0.25) is 0 Å². The fourth-order valence-electron chi connectivity index (χ4n) is 1.42. The molecule has 0 bridgehead atoms. The molecule has 0 heterocycles. The van der Waals surface area contributed by atoms with Crippen molar-refractivity contribution in [3.05, 3.63) is 28.8 Å². The zero-order valence-electron chi connectivity index (χ0n) is 9.67. The van der Waals surface area contributed by atoms with Crippen LogP contribution in [0.3, 0.4) is 0 Å². The number of aryl methyl sites for hydroxylation is 2. The van der Waals surface area contributed by atoms with Gasteiger partial charge in [0.1, 0.15) is 12.0 Å². The van der Waals surface area contributed by atoms with Gasteiger partial charge in [0.05, 0.1) is 6.61 Å². The van der Waals surface area contributed by atoms with Crippen LogP contribution >= 0.6 is 0 Å². The van der Waals surface area contributed by atoms with E-state index in [-0.39, 0.29) is 0 Å². The molecule has 2 heteroatoms. The molecule has 1 aromatic carbocycles. The molecule has 0 fully saturated rings. The van der Waals surface area contributed by atoms with Gasteiger partial charge in [-0.05, 0) is 43.5 Å². The van der Waals surface area contributed by atoms with Gasteiger partial charge in [-0.2, -0.15) is 0 Å². The number of carbonyl (C=O) groups is 1. The molecule has 0 saturated heterocycles. The molecular formula is C13H18O2. The van der Waals surface area contributed by atoms with Crippen LogP contribution < -0.4 is 4.74 Å². The van der Waals surface area contributed by atoms with Gasteiger partial charge in [0.15, 0.2) is 0 Å². The molecule has 1 rings (SSSR count). The molecule has 0 radical (unpaired) electrons. The first-order valence-corrected chi connectivity index (χ1v) is 5.38. The maximum Gasteiger partial charge on any atom is 0.150 e. The number of carbonyl (C=O) groups excluding carboxylic acids is 1. The van der Waals surface area contributed by atoms with E-state index in [4.69, 9.17) is 4.74 Å². The van der Waals surface area contributed by atoms with Crippen LogP contribution in [0.25, 0.3) is 0 Å². The minimum absolute atomic E-state index is 0.746. The van der Waals surface area contributed by atoms with E-state index in [1.54, 1.807) is 0 Å². The molecule has 0 aliphatic carbocycles. The van der Waals surface area contributed by atoms with Crippen molar-refractivity contribution >= 4 is 6.29 Å². The Morgan fingerprint density at radius 1 is 1.27 bits per heavy atom. The Balaban J connectivity index is 2.80. The summed E-state index contributed by atoms with van der Waals surface area (Å²) in [5.74, 6) is 0.895. The summed E-state index contributed by atoms with van der Waals surface area (Å²) in [4.78, 5) is 10.7. The topological polar surface area (TPSA) is 26.3 Å². The van der Waals surface area contributed by atoms with Crippen LogP contribution in [0.5, 0.6) is 5.75 Å². The molecule has 0 unspecified atom stereocenters. The van der Waals surface area contributed by atoms with Crippen LogP contribution in [0.2, 0.25) is 0 Å². The summed E-state index contributed by atoms with van der Waals surface area (Å²) in [6.45, 7) is 6.78. The fourth-order valence-corrected chi connectivity index (χ4v) is 1.42. The Bertz CT molecular complexity index is 343. The third kappa shape index (κ3) is 3.08. The van der Waals surface area contributed by atoms with Crippen molar-refractivity contribution < 1.29 is 9.53 Å². The van der Waals surface area contributed by atoms with E-state index in [9.17, 15) is 4.79 Å². The van der Waals surface area contributed by atoms with Gasteiger partial charge in [0, 0.05) is 5.56 Å². The van der Waals surface area contributed by atoms with Crippen molar-refractivity contribution in [2.45, 2.75) is 33.6 Å². The minimum atomic E-state index is 0.746. The van der Waals surface area contributed by atoms with Gasteiger partial charge in [-0.3, -0.25) is 4.79 Å². The molecule has 0 saturated carbocycles. The van der Waals surface area contributed by atoms with Gasteiger partial charge < -0.3 is 4.74 Å². The lowest BCUT2D eigenvalue weighted by Crippen LogP contribution is -2.00. The monoisotopic (exact) mass is 206 g/mol. The highest BCUT2D eigenvalue weighted by Gasteiger charge is 2.04. The van der Waals surface area contributed by atoms with Crippen LogP contribution in [0.1, 0.15) is 41.3 Å². The largest absolute Gasteiger partial charge is 0.493 e. The van der Waals surface area contributed by atoms with Crippen molar-refractivity contribution in [1.82, 2.24) is 0 Å². The molecule has 0 amide bonds. The summed E-state index contributed by atoms with van der Waals surface area (Å²) in [5.41, 5.74) is 2.75. The zero-order valence-corrected chi connectivity index (χ0v) is 9.67. The number of aldehydes is 1. The van der Waals surface area contributed by atoms with Crippen molar-refractivity contribution in [2.24, 2.45) is 0 Å². The quantitative estimate of drug-likeness (QED) is 0.546. The van der Waals surface area contributed by atoms with Crippen molar-refractivity contribution in [2.75, 3.05) is 6.61 Å². The van der Waals surface area contributed by atoms with Crippen LogP contribution in [0, 0.1) is 13.8 Å². The fraction of sp³-hybridized carbons (Fsp3) is 0.462. The van der Waals surface area contributed by atoms with E-state index in [2.05, 4.69) is 6.92 Å². The highest BCUT2D eigenvalue weighted by molar-refractivity contribution is 5.78. The molecule has 1 aromatic rings. The zero-order chi connectivity index (χ0) is 11.3. The van der Waals surface area contributed by atoms with Gasteiger partial charge in [-0.15, -0.1) is 0 Å². The normalized spacial score (nSPS) is 10.1. The van der Waals surface area contributed by atoms with E-state index in [0.29, 0.717) is 0 Å². The average Bonchev–Trinajstić information content (AvgIpc) is 2.23. The summed E-state index contributed by atoms with van der Waals surface area (Å²) in [6, 6.07) is 3.82. The summed E-state index contributed by atoms with van der Waals surface area (Å²) >= 11 is 0. The third-order valence-electron chi connectivity index (χ3n) is 2.45. The highest BCUT2D eigenvalue weighted by atomic mass is 16.5. The number of ether oxygens (including phenoxy) is 1. The summed E-state index contributed by atoms with van der Waals surface area (Å²) in [5, 5.41) is 0. The smallest absolute Gasteiger partial charge is 0.150 e. The molecule has 0 spiro atoms. The van der Waals surface area contributed by atoms with Crippen molar-refractivity contribution in [3.63, 3.8) is 0 Å². The van der Waals surface area contributed by atoms with E-state index >= 15 is 0 Å². The number of rotatable bonds is 5. The van der Waals surface area contributed by atoms with Gasteiger partial charge >= 0.3 is 0 Å². The Kier molecular flexibility index (Phi) is 4.35. The Labute approximate surface area is 91.3 Å². The van der Waals surface area contributed by atoms with Crippen molar-refractivity contribution in [3.8, 4) is 5.75 Å². The van der Waals surface area contributed by atoms with Crippen LogP contribution in [0.4, 0.5) is 0 Å². The predicted molar refractivity (Wildman–Crippen MR) is 61.7 cm³/mol. The minimum Gasteiger partial charge on any atom is -0.493 e. The van der Waals surface area contributed by atoms with E-state index in [1.165, 1.54) is 0 Å². The molecule has 0 atom stereocenters. The SMILES string of the molecule is CCCCOc1cc(C)c(C=O)cc1C. The molecule has 15 heavy (non-hydrogen) atoms. The number of hydrogen-bond donors (Lipinski definition) is 0. The first-order valence-electron chi connectivity index (χ1n) is 5.38. The Morgan fingerprint density at radius 2 is 2.00 bits per heavy atom. The summed E-state index contributed by atoms with van der Waals surface area (Å²) in [7, 11) is 0. The van der Waals surface area contributed by atoms with Crippen LogP contribution in [-0.2, 0) is 0 Å². The summed E-state index contributed by atoms with van der Waals surface area (Å²) in [6.07, 6.45) is 3.08. The first-order chi connectivity index (χ1) is 7.19. The lowest BCUT2D eigenvalue weighted by molar-refractivity contribution is 0.112. The second-order valence-corrected chi connectivity index (χ2v) is 3.79. The third-order valence-corrected chi connectivity index (χ3v) is 2.45. The van der Waals surface area contributed by atoms with Crippen LogP contribution in [0.15, 0.2) is 12.1 Å². The molecule has 0 aromatic heterocycles. The van der Waals surface area contributed by atoms with E-state index < -0.39 is 0 Å². The van der Waals surface area contributed by atoms with Gasteiger partial charge in [-0.1, -0.05) is 13.3 Å². The molecular weight excluding hydrogens is 188 g/mol. The van der Waals surface area contributed by atoms with Gasteiger partial charge in [-0.25, -0.2) is 0 Å². The lowest BCUT2D eigenvalue weighted by atomic mass is 10.1. The Morgan fingerprint density at radius 3 is 2.60 bits per heavy atom. The van der Waals surface area contributed by atoms with E-state index in [1.807, 2.05) is 26.0 Å². The second-order valence-electron chi connectivity index (χ2n) is 3.79. The number of unbranched alkanes of at least 4 members (excludes halogenated alkanes) is 1. The molecule has 0 aliphatic heterocycles. The number of benzene rings is 1. The van der Waals surface area contributed by atoms with Gasteiger partial charge in [0.25, 0.3) is 0 Å². The maximum absolute atomic E-state index is 10.7. The second kappa shape index (κ2) is 5.54. The molecule has 0 N–H and O–H groups in total. The number of hydrogen-bond acceptors (Lipinski definition) is 2. The average molecular weight is 206 g/mol. The standard InChI is InChI=1S/C13H18O2/c1-4-5-6-15-13-8-10(2)12(9-14)7-11(13)3/h7-9H,4-6H2,1-3H3. The predicted octanol–water partition coefficient (Wildman–Crippen LogP) is 3.29. The summed E-state index contributed by atoms with van der Waals surface area (Å²) < 4.78 is 5.64. The Hall–Kier alpha value is -1.31. The van der Waals surface area contributed by atoms with Crippen LogP contribution in [-0.4, -0.2) is 12.9 Å². The molecule has 2 nitrogen and oxygen atoms in total. The maximum atomic E-state index is 10.7. The lowest BCUT2D eigenvalue weighted by Gasteiger charge is -2.10. The van der Waals surface area contributed by atoms with E-state index in [0.717, 1.165) is 48.2 Å². The first kappa shape index (κ1) is 11.8. The highest BCUT2D eigenvalue weighted by Crippen LogP contribution is 2.22.